The Morgan fingerprint density at radius 1 is 1.88 bits per heavy atom. The van der Waals surface area contributed by atoms with Crippen molar-refractivity contribution in [2.75, 3.05) is 0 Å². The fraction of sp³-hybridized carbons (Fsp3) is 0. The Hall–Kier alpha value is -0.880. The largest absolute Gasteiger partial charge is 0.360 e. The topological polar surface area (TPSA) is 17.2 Å². The van der Waals surface area contributed by atoms with Crippen LogP contribution < -0.4 is 0 Å². The highest BCUT2D eigenvalue weighted by atomic mass is 32.1. The molecule has 2 radical (unpaired) electrons. The van der Waals surface area contributed by atoms with Crippen molar-refractivity contribution in [1.29, 1.82) is 0 Å². The molecule has 2 nitrogen and oxygen atoms in total. The van der Waals surface area contributed by atoms with Gasteiger partial charge in [0.1, 0.15) is 0 Å². The Balaban J connectivity index is 3.05. The van der Waals surface area contributed by atoms with Crippen LogP contribution in [-0.4, -0.2) is 4.98 Å². The van der Waals surface area contributed by atoms with Crippen LogP contribution in [0.5, 0.6) is 0 Å². The molecule has 0 aliphatic heterocycles. The zero-order valence-electron chi connectivity index (χ0n) is 3.96. The SMILES string of the molecule is [C-]#[N+]c1csc([CH])n1. The van der Waals surface area contributed by atoms with Crippen molar-refractivity contribution in [3.05, 3.63) is 28.7 Å². The predicted molar refractivity (Wildman–Crippen MR) is 31.8 cm³/mol. The number of hydrogen-bond donors (Lipinski definition) is 0. The number of rotatable bonds is 0. The van der Waals surface area contributed by atoms with Crippen molar-refractivity contribution < 1.29 is 0 Å². The van der Waals surface area contributed by atoms with E-state index in [4.69, 9.17) is 13.5 Å². The maximum absolute atomic E-state index is 6.47. The van der Waals surface area contributed by atoms with Crippen LogP contribution in [0.15, 0.2) is 5.38 Å². The van der Waals surface area contributed by atoms with Crippen molar-refractivity contribution in [3.63, 3.8) is 0 Å². The molecule has 3 heteroatoms. The van der Waals surface area contributed by atoms with Crippen molar-refractivity contribution >= 4 is 17.2 Å². The van der Waals surface area contributed by atoms with Gasteiger partial charge in [0.05, 0.1) is 6.92 Å². The number of aromatic nitrogens is 1. The first-order valence-corrected chi connectivity index (χ1v) is 2.79. The van der Waals surface area contributed by atoms with E-state index in [0.29, 0.717) is 10.8 Å². The standard InChI is InChI=1S/C5H2N2S/c1-4-7-5(6-2)3-8-4/h1,3H. The predicted octanol–water partition coefficient (Wildman–Crippen LogP) is 1.75. The molecule has 0 bridgehead atoms. The molecule has 38 valence electrons. The van der Waals surface area contributed by atoms with Gasteiger partial charge in [0, 0.05) is 5.38 Å². The summed E-state index contributed by atoms with van der Waals surface area (Å²) < 4.78 is 0. The third kappa shape index (κ3) is 0.849. The molecule has 1 aromatic rings. The van der Waals surface area contributed by atoms with E-state index in [2.05, 4.69) is 9.83 Å². The van der Waals surface area contributed by atoms with E-state index in [1.54, 1.807) is 5.38 Å². The summed E-state index contributed by atoms with van der Waals surface area (Å²) in [6, 6.07) is 0. The molecule has 0 aliphatic carbocycles. The average Bonchev–Trinajstić information content (AvgIpc) is 2.14. The van der Waals surface area contributed by atoms with Gasteiger partial charge in [0.25, 0.3) is 5.82 Å². The van der Waals surface area contributed by atoms with Crippen molar-refractivity contribution in [1.82, 2.24) is 4.98 Å². The number of thiazole rings is 1. The Morgan fingerprint density at radius 2 is 2.62 bits per heavy atom. The normalized spacial score (nSPS) is 8.50. The lowest BCUT2D eigenvalue weighted by Gasteiger charge is -1.67. The van der Waals surface area contributed by atoms with E-state index in [1.165, 1.54) is 11.3 Å². The molecule has 0 aliphatic rings. The zero-order valence-corrected chi connectivity index (χ0v) is 4.77. The van der Waals surface area contributed by atoms with E-state index < -0.39 is 0 Å². The van der Waals surface area contributed by atoms with Gasteiger partial charge in [0.15, 0.2) is 5.01 Å². The summed E-state index contributed by atoms with van der Waals surface area (Å²) in [4.78, 5) is 6.73. The maximum atomic E-state index is 6.47. The highest BCUT2D eigenvalue weighted by Gasteiger charge is 1.95. The summed E-state index contributed by atoms with van der Waals surface area (Å²) >= 11 is 1.28. The van der Waals surface area contributed by atoms with E-state index in [-0.39, 0.29) is 0 Å². The minimum Gasteiger partial charge on any atom is -0.360 e. The summed E-state index contributed by atoms with van der Waals surface area (Å²) in [6.07, 6.45) is 0. The van der Waals surface area contributed by atoms with E-state index in [1.807, 2.05) is 0 Å². The fourth-order valence-corrected chi connectivity index (χ4v) is 0.808. The molecule has 1 aromatic heterocycles. The molecule has 1 rings (SSSR count). The Bertz CT molecular complexity index is 221. The van der Waals surface area contributed by atoms with Gasteiger partial charge in [-0.2, -0.15) is 0 Å². The molecule has 0 fully saturated rings. The number of hydrogen-bond acceptors (Lipinski definition) is 2. The lowest BCUT2D eigenvalue weighted by atomic mass is 10.8. The van der Waals surface area contributed by atoms with Gasteiger partial charge in [-0.05, 0) is 0 Å². The molecule has 0 saturated carbocycles. The second kappa shape index (κ2) is 1.93. The molecule has 0 saturated heterocycles. The average molecular weight is 122 g/mol. The quantitative estimate of drug-likeness (QED) is 0.479. The van der Waals surface area contributed by atoms with Crippen LogP contribution >= 0.6 is 11.3 Å². The summed E-state index contributed by atoms with van der Waals surface area (Å²) in [5.74, 6) is 0.382. The minimum atomic E-state index is 0.382. The molecule has 0 amide bonds. The second-order valence-electron chi connectivity index (χ2n) is 1.16. The van der Waals surface area contributed by atoms with Gasteiger partial charge < -0.3 is 4.85 Å². The first kappa shape index (κ1) is 5.26. The molecular weight excluding hydrogens is 120 g/mol. The molecular formula is C5H2N2S. The summed E-state index contributed by atoms with van der Waals surface area (Å²) in [5.41, 5.74) is 0. The van der Waals surface area contributed by atoms with Gasteiger partial charge in [-0.3, -0.25) is 0 Å². The van der Waals surface area contributed by atoms with Crippen LogP contribution in [0, 0.1) is 13.5 Å². The molecule has 8 heavy (non-hydrogen) atoms. The van der Waals surface area contributed by atoms with Crippen molar-refractivity contribution in [2.24, 2.45) is 0 Å². The minimum absolute atomic E-state index is 0.382. The second-order valence-corrected chi connectivity index (χ2v) is 2.05. The Kier molecular flexibility index (Phi) is 1.27. The van der Waals surface area contributed by atoms with E-state index in [0.717, 1.165) is 0 Å². The fourth-order valence-electron chi connectivity index (χ4n) is 0.330. The molecule has 0 N–H and O–H groups in total. The third-order valence-electron chi connectivity index (χ3n) is 0.624. The maximum Gasteiger partial charge on any atom is 0.280 e. The van der Waals surface area contributed by atoms with Crippen molar-refractivity contribution in [3.8, 4) is 0 Å². The van der Waals surface area contributed by atoms with Gasteiger partial charge in [0.2, 0.25) is 0 Å². The van der Waals surface area contributed by atoms with Crippen molar-refractivity contribution in [2.45, 2.75) is 0 Å². The Labute approximate surface area is 51.6 Å². The van der Waals surface area contributed by atoms with E-state index in [9.17, 15) is 0 Å². The van der Waals surface area contributed by atoms with Crippen LogP contribution in [-0.2, 0) is 0 Å². The highest BCUT2D eigenvalue weighted by molar-refractivity contribution is 7.10. The lowest BCUT2D eigenvalue weighted by molar-refractivity contribution is 1.39. The summed E-state index contributed by atoms with van der Waals surface area (Å²) in [5, 5.41) is 2.08. The zero-order chi connectivity index (χ0) is 5.98. The molecule has 1 heterocycles. The molecule has 0 atom stereocenters. The molecule has 0 unspecified atom stereocenters. The van der Waals surface area contributed by atoms with Crippen LogP contribution in [0.2, 0.25) is 0 Å². The highest BCUT2D eigenvalue weighted by Crippen LogP contribution is 2.14. The van der Waals surface area contributed by atoms with Crippen LogP contribution in [0.1, 0.15) is 5.01 Å². The monoisotopic (exact) mass is 122 g/mol. The summed E-state index contributed by atoms with van der Waals surface area (Å²) in [7, 11) is 0. The molecule has 0 aromatic carbocycles. The van der Waals surface area contributed by atoms with Crippen LogP contribution in [0.3, 0.4) is 0 Å². The van der Waals surface area contributed by atoms with Gasteiger partial charge in [-0.25, -0.2) is 0 Å². The van der Waals surface area contributed by atoms with Gasteiger partial charge >= 0.3 is 0 Å². The molecule has 0 spiro atoms. The third-order valence-corrected chi connectivity index (χ3v) is 1.29. The van der Waals surface area contributed by atoms with Gasteiger partial charge in [-0.15, -0.1) is 16.3 Å². The van der Waals surface area contributed by atoms with E-state index >= 15 is 0 Å². The first-order chi connectivity index (χ1) is 3.83. The van der Waals surface area contributed by atoms with Gasteiger partial charge in [-0.1, -0.05) is 6.57 Å². The Morgan fingerprint density at radius 3 is 2.88 bits per heavy atom. The summed E-state index contributed by atoms with van der Waals surface area (Å²) in [6.45, 7) is 11.7. The lowest BCUT2D eigenvalue weighted by Crippen LogP contribution is -1.60. The smallest absolute Gasteiger partial charge is 0.280 e. The number of nitrogens with zero attached hydrogens (tertiary/aromatic N) is 2. The van der Waals surface area contributed by atoms with Crippen LogP contribution in [0.4, 0.5) is 5.82 Å². The first-order valence-electron chi connectivity index (χ1n) is 1.91. The van der Waals surface area contributed by atoms with Crippen LogP contribution in [0.25, 0.3) is 4.85 Å².